The summed E-state index contributed by atoms with van der Waals surface area (Å²) in [7, 11) is 0. The first-order valence-electron chi connectivity index (χ1n) is 10.5. The molecule has 0 bridgehead atoms. The van der Waals surface area contributed by atoms with E-state index in [1.54, 1.807) is 13.0 Å². The largest absolute Gasteiger partial charge is 0.462 e. The van der Waals surface area contributed by atoms with Gasteiger partial charge in [-0.15, -0.1) is 11.3 Å². The Bertz CT molecular complexity index is 1320. The highest BCUT2D eigenvalue weighted by molar-refractivity contribution is 7.16. The summed E-state index contributed by atoms with van der Waals surface area (Å²) in [5, 5.41) is 4.18. The molecular formula is C25H24N2O4S. The van der Waals surface area contributed by atoms with Gasteiger partial charge in [0.1, 0.15) is 16.5 Å². The minimum Gasteiger partial charge on any atom is -0.462 e. The topological polar surface area (TPSA) is 81.4 Å². The molecule has 0 aliphatic carbocycles. The fraction of sp³-hybridized carbons (Fsp3) is 0.240. The Balaban J connectivity index is 1.79. The highest BCUT2D eigenvalue weighted by Gasteiger charge is 2.25. The Kier molecular flexibility index (Phi) is 6.10. The first-order chi connectivity index (χ1) is 15.4. The molecular weight excluding hydrogens is 424 g/mol. The smallest absolute Gasteiger partial charge is 0.341 e. The number of para-hydroxylation sites is 1. The van der Waals surface area contributed by atoms with Crippen LogP contribution in [-0.2, 0) is 11.2 Å². The van der Waals surface area contributed by atoms with E-state index < -0.39 is 5.97 Å². The van der Waals surface area contributed by atoms with E-state index in [2.05, 4.69) is 10.3 Å². The number of pyridine rings is 1. The molecule has 0 atom stereocenters. The molecule has 164 valence electrons. The van der Waals surface area contributed by atoms with Crippen molar-refractivity contribution in [2.45, 2.75) is 34.1 Å². The predicted molar refractivity (Wildman–Crippen MR) is 127 cm³/mol. The van der Waals surface area contributed by atoms with Gasteiger partial charge in [-0.05, 0) is 57.0 Å². The Hall–Kier alpha value is -3.45. The van der Waals surface area contributed by atoms with Gasteiger partial charge < -0.3 is 14.5 Å². The molecule has 0 fully saturated rings. The van der Waals surface area contributed by atoms with E-state index in [0.29, 0.717) is 39.5 Å². The number of nitrogens with zero attached hydrogens (tertiary/aromatic N) is 1. The second kappa shape index (κ2) is 8.96. The summed E-state index contributed by atoms with van der Waals surface area (Å²) < 4.78 is 11.0. The Morgan fingerprint density at radius 2 is 1.91 bits per heavy atom. The Morgan fingerprint density at radius 3 is 2.59 bits per heavy atom. The molecule has 0 aliphatic rings. The molecule has 0 radical (unpaired) electrons. The molecule has 1 amide bonds. The van der Waals surface area contributed by atoms with Crippen molar-refractivity contribution in [2.75, 3.05) is 11.9 Å². The molecule has 3 heterocycles. The van der Waals surface area contributed by atoms with Crippen LogP contribution in [0.2, 0.25) is 0 Å². The lowest BCUT2D eigenvalue weighted by atomic mass is 10.1. The number of hydrogen-bond acceptors (Lipinski definition) is 6. The van der Waals surface area contributed by atoms with Crippen LogP contribution in [0, 0.1) is 13.8 Å². The molecule has 0 spiro atoms. The summed E-state index contributed by atoms with van der Waals surface area (Å²) in [6.07, 6.45) is 0.673. The van der Waals surface area contributed by atoms with E-state index in [-0.39, 0.29) is 12.5 Å². The van der Waals surface area contributed by atoms with Crippen molar-refractivity contribution >= 4 is 39.1 Å². The SMILES string of the molecule is CCOC(=O)c1c(NC(=O)c2cc(-c3ccc(C)o3)nc3ccccc23)sc(C)c1CC. The lowest BCUT2D eigenvalue weighted by molar-refractivity contribution is 0.0527. The zero-order chi connectivity index (χ0) is 22.8. The van der Waals surface area contributed by atoms with Crippen LogP contribution in [0.25, 0.3) is 22.4 Å². The molecule has 7 heteroatoms. The summed E-state index contributed by atoms with van der Waals surface area (Å²) in [4.78, 5) is 31.7. The second-order valence-corrected chi connectivity index (χ2v) is 8.58. The molecule has 3 aromatic heterocycles. The monoisotopic (exact) mass is 448 g/mol. The van der Waals surface area contributed by atoms with Gasteiger partial charge >= 0.3 is 5.97 Å². The molecule has 1 N–H and O–H groups in total. The van der Waals surface area contributed by atoms with Gasteiger partial charge in [0.15, 0.2) is 5.76 Å². The number of benzene rings is 1. The number of carbonyl (C=O) groups is 2. The van der Waals surface area contributed by atoms with E-state index in [1.165, 1.54) is 11.3 Å². The van der Waals surface area contributed by atoms with E-state index in [9.17, 15) is 9.59 Å². The average Bonchev–Trinajstić information content (AvgIpc) is 3.35. The number of aryl methyl sites for hydroxylation is 2. The van der Waals surface area contributed by atoms with Gasteiger partial charge in [0.25, 0.3) is 5.91 Å². The number of aromatic nitrogens is 1. The summed E-state index contributed by atoms with van der Waals surface area (Å²) in [6.45, 7) is 7.82. The minimum atomic E-state index is -0.421. The normalized spacial score (nSPS) is 11.0. The van der Waals surface area contributed by atoms with Crippen LogP contribution in [0.5, 0.6) is 0 Å². The first-order valence-corrected chi connectivity index (χ1v) is 11.3. The van der Waals surface area contributed by atoms with Crippen molar-refractivity contribution in [3.63, 3.8) is 0 Å². The molecule has 4 rings (SSSR count). The lowest BCUT2D eigenvalue weighted by Crippen LogP contribution is -2.16. The number of ether oxygens (including phenoxy) is 1. The Morgan fingerprint density at radius 1 is 1.12 bits per heavy atom. The summed E-state index contributed by atoms with van der Waals surface area (Å²) in [6, 6.07) is 12.9. The van der Waals surface area contributed by atoms with Crippen molar-refractivity contribution in [2.24, 2.45) is 0 Å². The number of hydrogen-bond donors (Lipinski definition) is 1. The molecule has 6 nitrogen and oxygen atoms in total. The summed E-state index contributed by atoms with van der Waals surface area (Å²) in [5.41, 5.74) is 3.05. The van der Waals surface area contributed by atoms with Gasteiger partial charge in [0.2, 0.25) is 0 Å². The van der Waals surface area contributed by atoms with E-state index in [0.717, 1.165) is 21.6 Å². The number of rotatable bonds is 6. The fourth-order valence-corrected chi connectivity index (χ4v) is 4.87. The maximum atomic E-state index is 13.4. The third-order valence-electron chi connectivity index (χ3n) is 5.22. The maximum absolute atomic E-state index is 13.4. The number of carbonyl (C=O) groups excluding carboxylic acids is 2. The molecule has 0 saturated carbocycles. The summed E-state index contributed by atoms with van der Waals surface area (Å²) in [5.74, 6) is 0.619. The number of thiophene rings is 1. The predicted octanol–water partition coefficient (Wildman–Crippen LogP) is 6.16. The number of anilines is 1. The third kappa shape index (κ3) is 4.03. The van der Waals surface area contributed by atoms with Gasteiger partial charge in [0.05, 0.1) is 23.3 Å². The van der Waals surface area contributed by atoms with Gasteiger partial charge in [-0.1, -0.05) is 25.1 Å². The highest BCUT2D eigenvalue weighted by Crippen LogP contribution is 2.35. The number of amides is 1. The maximum Gasteiger partial charge on any atom is 0.341 e. The summed E-state index contributed by atoms with van der Waals surface area (Å²) >= 11 is 1.39. The molecule has 0 unspecified atom stereocenters. The van der Waals surface area contributed by atoms with Gasteiger partial charge in [-0.3, -0.25) is 4.79 Å². The third-order valence-corrected chi connectivity index (χ3v) is 6.29. The molecule has 32 heavy (non-hydrogen) atoms. The Labute approximate surface area is 190 Å². The lowest BCUT2D eigenvalue weighted by Gasteiger charge is -2.11. The van der Waals surface area contributed by atoms with Crippen LogP contribution in [0.4, 0.5) is 5.00 Å². The average molecular weight is 449 g/mol. The van der Waals surface area contributed by atoms with Gasteiger partial charge in [-0.2, -0.15) is 0 Å². The van der Waals surface area contributed by atoms with Crippen LogP contribution in [0.15, 0.2) is 46.9 Å². The van der Waals surface area contributed by atoms with E-state index >= 15 is 0 Å². The van der Waals surface area contributed by atoms with Crippen molar-refractivity contribution < 1.29 is 18.7 Å². The molecule has 0 saturated heterocycles. The van der Waals surface area contributed by atoms with Gasteiger partial charge in [-0.25, -0.2) is 9.78 Å². The van der Waals surface area contributed by atoms with Crippen LogP contribution < -0.4 is 5.32 Å². The van der Waals surface area contributed by atoms with Crippen molar-refractivity contribution in [3.8, 4) is 11.5 Å². The number of furan rings is 1. The number of esters is 1. The first kappa shape index (κ1) is 21.8. The van der Waals surface area contributed by atoms with Gasteiger partial charge in [0, 0.05) is 10.3 Å². The van der Waals surface area contributed by atoms with Crippen molar-refractivity contribution in [1.82, 2.24) is 4.98 Å². The molecule has 4 aromatic rings. The zero-order valence-corrected chi connectivity index (χ0v) is 19.3. The fourth-order valence-electron chi connectivity index (χ4n) is 3.74. The quantitative estimate of drug-likeness (QED) is 0.357. The van der Waals surface area contributed by atoms with Crippen LogP contribution in [0.1, 0.15) is 50.8 Å². The zero-order valence-electron chi connectivity index (χ0n) is 18.4. The minimum absolute atomic E-state index is 0.269. The van der Waals surface area contributed by atoms with Crippen LogP contribution in [-0.4, -0.2) is 23.5 Å². The number of fused-ring (bicyclic) bond motifs is 1. The molecule has 0 aliphatic heterocycles. The van der Waals surface area contributed by atoms with E-state index in [4.69, 9.17) is 9.15 Å². The number of nitrogens with one attached hydrogen (secondary N) is 1. The highest BCUT2D eigenvalue weighted by atomic mass is 32.1. The van der Waals surface area contributed by atoms with Crippen molar-refractivity contribution in [1.29, 1.82) is 0 Å². The van der Waals surface area contributed by atoms with Crippen LogP contribution in [0.3, 0.4) is 0 Å². The molecule has 1 aromatic carbocycles. The van der Waals surface area contributed by atoms with E-state index in [1.807, 2.05) is 57.2 Å². The second-order valence-electron chi connectivity index (χ2n) is 7.35. The standard InChI is InChI=1S/C25H24N2O4S/c1-5-16-15(4)32-24(22(16)25(29)30-6-2)27-23(28)18-13-20(21-12-11-14(3)31-21)26-19-10-8-7-9-17(18)19/h7-13H,5-6H2,1-4H3,(H,27,28). The van der Waals surface area contributed by atoms with Crippen molar-refractivity contribution in [3.05, 3.63) is 69.8 Å². The van der Waals surface area contributed by atoms with Crippen LogP contribution >= 0.6 is 11.3 Å².